The molecule has 6 rings (SSSR count). The number of hydrogen-bond donors (Lipinski definition) is 0. The molecule has 208 valence electrons. The number of morpholine rings is 1. The molecule has 2 aliphatic heterocycles. The molecule has 0 unspecified atom stereocenters. The number of carbonyl (C=O) groups is 1. The third-order valence-electron chi connectivity index (χ3n) is 7.33. The van der Waals surface area contributed by atoms with Crippen molar-refractivity contribution in [3.63, 3.8) is 0 Å². The summed E-state index contributed by atoms with van der Waals surface area (Å²) in [6, 6.07) is 9.94. The van der Waals surface area contributed by atoms with Gasteiger partial charge >= 0.3 is 0 Å². The van der Waals surface area contributed by atoms with Gasteiger partial charge in [-0.15, -0.1) is 0 Å². The molecule has 1 fully saturated rings. The second-order valence-electron chi connectivity index (χ2n) is 10.5. The van der Waals surface area contributed by atoms with E-state index in [0.717, 1.165) is 5.56 Å². The number of amides is 1. The van der Waals surface area contributed by atoms with Crippen LogP contribution in [-0.4, -0.2) is 69.9 Å². The Morgan fingerprint density at radius 3 is 2.60 bits per heavy atom. The highest BCUT2D eigenvalue weighted by Crippen LogP contribution is 2.46. The van der Waals surface area contributed by atoms with Gasteiger partial charge in [0.2, 0.25) is 0 Å². The maximum atomic E-state index is 14.7. The average Bonchev–Trinajstić information content (AvgIpc) is 3.55. The second kappa shape index (κ2) is 9.67. The predicted octanol–water partition coefficient (Wildman–Crippen LogP) is 4.24. The summed E-state index contributed by atoms with van der Waals surface area (Å²) in [5.41, 5.74) is 3.50. The molecule has 0 aliphatic carbocycles. The highest BCUT2D eigenvalue weighted by molar-refractivity contribution is 5.97. The lowest BCUT2D eigenvalue weighted by Crippen LogP contribution is -2.55. The normalized spacial score (nSPS) is 15.7. The fourth-order valence-electron chi connectivity index (χ4n) is 5.32. The molecule has 4 aromatic rings. The summed E-state index contributed by atoms with van der Waals surface area (Å²) in [7, 11) is 4.90. The van der Waals surface area contributed by atoms with Crippen LogP contribution < -0.4 is 14.2 Å². The molecule has 2 aromatic heterocycles. The fourth-order valence-corrected chi connectivity index (χ4v) is 5.32. The Morgan fingerprint density at radius 2 is 1.90 bits per heavy atom. The van der Waals surface area contributed by atoms with Crippen LogP contribution in [0.2, 0.25) is 0 Å². The molecule has 2 aliphatic rings. The zero-order valence-electron chi connectivity index (χ0n) is 23.0. The van der Waals surface area contributed by atoms with Gasteiger partial charge in [0.1, 0.15) is 29.7 Å². The number of rotatable bonds is 5. The highest BCUT2D eigenvalue weighted by Gasteiger charge is 2.39. The molecule has 0 N–H and O–H groups in total. The molecule has 4 heterocycles. The lowest BCUT2D eigenvalue weighted by Gasteiger charge is -2.41. The van der Waals surface area contributed by atoms with Crippen LogP contribution in [0.5, 0.6) is 17.2 Å². The molecular formula is C29H30FN5O5. The van der Waals surface area contributed by atoms with E-state index < -0.39 is 11.4 Å². The third-order valence-corrected chi connectivity index (χ3v) is 7.33. The molecule has 11 heteroatoms. The van der Waals surface area contributed by atoms with Gasteiger partial charge in [-0.3, -0.25) is 9.48 Å². The molecule has 0 atom stereocenters. The van der Waals surface area contributed by atoms with Gasteiger partial charge in [0.15, 0.2) is 5.69 Å². The molecule has 1 saturated heterocycles. The Labute approximate surface area is 230 Å². The van der Waals surface area contributed by atoms with Crippen LogP contribution in [0, 0.1) is 5.82 Å². The van der Waals surface area contributed by atoms with Crippen LogP contribution >= 0.6 is 0 Å². The molecule has 10 nitrogen and oxygen atoms in total. The van der Waals surface area contributed by atoms with Gasteiger partial charge in [0.05, 0.1) is 50.0 Å². The van der Waals surface area contributed by atoms with Crippen molar-refractivity contribution in [2.75, 3.05) is 34.0 Å². The summed E-state index contributed by atoms with van der Waals surface area (Å²) in [6.45, 7) is 5.30. The molecule has 1 amide bonds. The molecular weight excluding hydrogens is 517 g/mol. The number of halogens is 1. The average molecular weight is 548 g/mol. The lowest BCUT2D eigenvalue weighted by molar-refractivity contribution is -0.0374. The number of aryl methyl sites for hydroxylation is 1. The first-order valence-electron chi connectivity index (χ1n) is 12.9. The number of aromatic nitrogens is 4. The van der Waals surface area contributed by atoms with Crippen molar-refractivity contribution in [3.05, 3.63) is 59.7 Å². The van der Waals surface area contributed by atoms with Crippen molar-refractivity contribution in [3.8, 4) is 45.5 Å². The fraction of sp³-hybridized carbons (Fsp3) is 0.345. The van der Waals surface area contributed by atoms with Crippen molar-refractivity contribution in [1.82, 2.24) is 24.5 Å². The van der Waals surface area contributed by atoms with E-state index in [-0.39, 0.29) is 18.2 Å². The Morgan fingerprint density at radius 1 is 1.07 bits per heavy atom. The van der Waals surface area contributed by atoms with Crippen molar-refractivity contribution in [2.45, 2.75) is 26.0 Å². The Hall–Kier alpha value is -4.38. The molecule has 0 saturated carbocycles. The van der Waals surface area contributed by atoms with E-state index >= 15 is 0 Å². The van der Waals surface area contributed by atoms with Gasteiger partial charge in [-0.1, -0.05) is 0 Å². The van der Waals surface area contributed by atoms with Gasteiger partial charge in [0, 0.05) is 54.7 Å². The molecule has 2 aromatic carbocycles. The monoisotopic (exact) mass is 547 g/mol. The third kappa shape index (κ3) is 4.26. The number of ether oxygens (including phenoxy) is 4. The first-order valence-corrected chi connectivity index (χ1v) is 12.9. The van der Waals surface area contributed by atoms with E-state index in [1.807, 2.05) is 39.2 Å². The summed E-state index contributed by atoms with van der Waals surface area (Å²) in [5, 5.41) is 9.35. The summed E-state index contributed by atoms with van der Waals surface area (Å²) in [5.74, 6) is 0.747. The Kier molecular flexibility index (Phi) is 6.25. The minimum absolute atomic E-state index is 0.104. The summed E-state index contributed by atoms with van der Waals surface area (Å²) in [4.78, 5) is 15.8. The lowest BCUT2D eigenvalue weighted by atomic mass is 9.97. The zero-order chi connectivity index (χ0) is 28.2. The van der Waals surface area contributed by atoms with Crippen LogP contribution in [0.15, 0.2) is 42.6 Å². The summed E-state index contributed by atoms with van der Waals surface area (Å²) >= 11 is 0. The van der Waals surface area contributed by atoms with Gasteiger partial charge in [-0.2, -0.15) is 10.2 Å². The van der Waals surface area contributed by atoms with E-state index in [0.29, 0.717) is 65.2 Å². The first-order chi connectivity index (χ1) is 19.2. The van der Waals surface area contributed by atoms with E-state index in [1.165, 1.54) is 19.2 Å². The smallest absolute Gasteiger partial charge is 0.275 e. The second-order valence-corrected chi connectivity index (χ2v) is 10.5. The number of nitrogens with zero attached hydrogens (tertiary/aromatic N) is 5. The van der Waals surface area contributed by atoms with Crippen LogP contribution in [0.25, 0.3) is 28.2 Å². The summed E-state index contributed by atoms with van der Waals surface area (Å²) < 4.78 is 40.8. The van der Waals surface area contributed by atoms with Gasteiger partial charge < -0.3 is 23.8 Å². The van der Waals surface area contributed by atoms with Crippen LogP contribution in [0.1, 0.15) is 29.9 Å². The van der Waals surface area contributed by atoms with Crippen molar-refractivity contribution < 1.29 is 28.1 Å². The Bertz CT molecular complexity index is 1630. The van der Waals surface area contributed by atoms with Crippen LogP contribution in [0.4, 0.5) is 4.39 Å². The largest absolute Gasteiger partial charge is 0.497 e. The van der Waals surface area contributed by atoms with E-state index in [2.05, 4.69) is 5.10 Å². The quantitative estimate of drug-likeness (QED) is 0.369. The van der Waals surface area contributed by atoms with Crippen LogP contribution in [0.3, 0.4) is 0 Å². The van der Waals surface area contributed by atoms with Gasteiger partial charge in [-0.25, -0.2) is 9.07 Å². The van der Waals surface area contributed by atoms with E-state index in [1.54, 1.807) is 33.5 Å². The highest BCUT2D eigenvalue weighted by atomic mass is 19.1. The van der Waals surface area contributed by atoms with Crippen molar-refractivity contribution >= 4 is 5.91 Å². The minimum atomic E-state index is -0.527. The predicted molar refractivity (Wildman–Crippen MR) is 145 cm³/mol. The maximum absolute atomic E-state index is 14.7. The number of methoxy groups -OCH3 is 2. The first kappa shape index (κ1) is 25.9. The Balaban J connectivity index is 1.59. The standard InChI is InChI=1S/C29H30FN5O5/c1-29(2)16-39-9-8-34(29)28(36)26-22-15-40-25-14-24(38-5)20(23-6-7-33(3)31-23)13-21(25)27(22)35(32-26)18-10-17(30)11-19(12-18)37-4/h6-7,10-14H,8-9,15-16H2,1-5H3. The molecule has 40 heavy (non-hydrogen) atoms. The SMILES string of the molecule is COc1cc(F)cc(-n2nc(C(=O)N3CCOCC3(C)C)c3c2-c2cc(-c4ccn(C)n4)c(OC)cc2OC3)c1. The summed E-state index contributed by atoms with van der Waals surface area (Å²) in [6.07, 6.45) is 1.85. The molecule has 0 radical (unpaired) electrons. The van der Waals surface area contributed by atoms with Crippen molar-refractivity contribution in [2.24, 2.45) is 7.05 Å². The van der Waals surface area contributed by atoms with Gasteiger partial charge in [0.25, 0.3) is 5.91 Å². The van der Waals surface area contributed by atoms with Crippen molar-refractivity contribution in [1.29, 1.82) is 0 Å². The molecule has 0 bridgehead atoms. The molecule has 0 spiro atoms. The number of hydrogen-bond acceptors (Lipinski definition) is 7. The number of fused-ring (bicyclic) bond motifs is 3. The topological polar surface area (TPSA) is 92.9 Å². The number of benzene rings is 2. The van der Waals surface area contributed by atoms with E-state index in [9.17, 15) is 9.18 Å². The maximum Gasteiger partial charge on any atom is 0.275 e. The number of carbonyl (C=O) groups excluding carboxylic acids is 1. The zero-order valence-corrected chi connectivity index (χ0v) is 23.0. The van der Waals surface area contributed by atoms with Crippen LogP contribution in [-0.2, 0) is 18.4 Å². The van der Waals surface area contributed by atoms with Gasteiger partial charge in [-0.05, 0) is 32.0 Å². The minimum Gasteiger partial charge on any atom is -0.497 e. The van der Waals surface area contributed by atoms with E-state index in [4.69, 9.17) is 24.0 Å².